The molecule has 1 aliphatic rings. The van der Waals surface area contributed by atoms with Gasteiger partial charge in [0.25, 0.3) is 0 Å². The smallest absolute Gasteiger partial charge is 0.363 e. The van der Waals surface area contributed by atoms with Crippen LogP contribution >= 0.6 is 11.6 Å². The summed E-state index contributed by atoms with van der Waals surface area (Å²) in [7, 11) is 0. The highest BCUT2D eigenvalue weighted by atomic mass is 35.5. The third-order valence-electron chi connectivity index (χ3n) is 3.97. The molecule has 0 radical (unpaired) electrons. The van der Waals surface area contributed by atoms with Crippen molar-refractivity contribution >= 4 is 35.5 Å². The van der Waals surface area contributed by atoms with Crippen molar-refractivity contribution in [1.82, 2.24) is 0 Å². The molecule has 7 heteroatoms. The summed E-state index contributed by atoms with van der Waals surface area (Å²) in [6.07, 6.45) is 2.59. The van der Waals surface area contributed by atoms with Gasteiger partial charge in [0.05, 0.1) is 17.2 Å². The molecule has 29 heavy (non-hydrogen) atoms. The Labute approximate surface area is 173 Å². The van der Waals surface area contributed by atoms with Crippen molar-refractivity contribution in [2.45, 2.75) is 26.7 Å². The number of carbonyl (C=O) groups is 2. The van der Waals surface area contributed by atoms with Crippen molar-refractivity contribution in [1.29, 1.82) is 0 Å². The number of benzene rings is 2. The number of halogens is 1. The molecule has 0 bridgehead atoms. The van der Waals surface area contributed by atoms with E-state index in [0.717, 1.165) is 0 Å². The second-order valence-corrected chi connectivity index (χ2v) is 6.59. The first-order chi connectivity index (χ1) is 14.0. The standard InChI is InChI=1S/C22H20ClNO5/c1-3-7-20(25)28-18-11-10-14(13-19(18)27-4-2)12-17-22(26)29-21(24-17)15-8-5-6-9-16(15)23/h5-6,8-13H,3-4,7H2,1-2H3/b17-12-. The summed E-state index contributed by atoms with van der Waals surface area (Å²) in [4.78, 5) is 28.3. The predicted molar refractivity (Wildman–Crippen MR) is 110 cm³/mol. The van der Waals surface area contributed by atoms with Gasteiger partial charge in [-0.15, -0.1) is 0 Å². The Morgan fingerprint density at radius 3 is 2.69 bits per heavy atom. The summed E-state index contributed by atoms with van der Waals surface area (Å²) in [5.74, 6) is 0.000850. The van der Waals surface area contributed by atoms with E-state index in [1.165, 1.54) is 0 Å². The van der Waals surface area contributed by atoms with Gasteiger partial charge in [-0.25, -0.2) is 9.79 Å². The first kappa shape index (κ1) is 20.6. The van der Waals surface area contributed by atoms with Gasteiger partial charge < -0.3 is 14.2 Å². The SMILES string of the molecule is CCCC(=O)Oc1ccc(/C=C2\N=C(c3ccccc3Cl)OC2=O)cc1OCC. The van der Waals surface area contributed by atoms with Crippen LogP contribution in [0.15, 0.2) is 53.2 Å². The van der Waals surface area contributed by atoms with E-state index in [4.69, 9.17) is 25.8 Å². The van der Waals surface area contributed by atoms with E-state index in [0.29, 0.717) is 47.1 Å². The Morgan fingerprint density at radius 1 is 1.17 bits per heavy atom. The maximum atomic E-state index is 12.2. The molecule has 150 valence electrons. The average molecular weight is 414 g/mol. The fraction of sp³-hybridized carbons (Fsp3) is 0.227. The zero-order valence-electron chi connectivity index (χ0n) is 16.1. The van der Waals surface area contributed by atoms with Gasteiger partial charge in [-0.3, -0.25) is 4.79 Å². The number of hydrogen-bond acceptors (Lipinski definition) is 6. The Kier molecular flexibility index (Phi) is 6.67. The van der Waals surface area contributed by atoms with Gasteiger partial charge in [-0.1, -0.05) is 36.7 Å². The lowest BCUT2D eigenvalue weighted by atomic mass is 10.1. The largest absolute Gasteiger partial charge is 0.490 e. The quantitative estimate of drug-likeness (QED) is 0.370. The summed E-state index contributed by atoms with van der Waals surface area (Å²) < 4.78 is 16.2. The van der Waals surface area contributed by atoms with Gasteiger partial charge in [0.15, 0.2) is 17.2 Å². The Balaban J connectivity index is 1.89. The molecule has 0 saturated heterocycles. The van der Waals surface area contributed by atoms with E-state index in [-0.39, 0.29) is 17.6 Å². The molecule has 0 fully saturated rings. The highest BCUT2D eigenvalue weighted by Gasteiger charge is 2.25. The molecule has 0 saturated carbocycles. The number of cyclic esters (lactones) is 1. The van der Waals surface area contributed by atoms with E-state index < -0.39 is 5.97 Å². The molecule has 1 heterocycles. The average Bonchev–Trinajstić information content (AvgIpc) is 3.05. The van der Waals surface area contributed by atoms with Crippen molar-refractivity contribution < 1.29 is 23.8 Å². The van der Waals surface area contributed by atoms with E-state index in [9.17, 15) is 9.59 Å². The Morgan fingerprint density at radius 2 is 1.97 bits per heavy atom. The summed E-state index contributed by atoms with van der Waals surface area (Å²) in [6, 6.07) is 12.0. The molecule has 0 atom stereocenters. The number of aliphatic imine (C=N–C) groups is 1. The zero-order chi connectivity index (χ0) is 20.8. The van der Waals surface area contributed by atoms with Crippen LogP contribution < -0.4 is 9.47 Å². The van der Waals surface area contributed by atoms with Crippen LogP contribution in [0.3, 0.4) is 0 Å². The fourth-order valence-electron chi connectivity index (χ4n) is 2.66. The van der Waals surface area contributed by atoms with Gasteiger partial charge in [0, 0.05) is 6.42 Å². The first-order valence-corrected chi connectivity index (χ1v) is 9.64. The molecular formula is C22H20ClNO5. The monoisotopic (exact) mass is 413 g/mol. The lowest BCUT2D eigenvalue weighted by Gasteiger charge is -2.11. The lowest BCUT2D eigenvalue weighted by molar-refractivity contribution is -0.134. The molecule has 0 aliphatic carbocycles. The summed E-state index contributed by atoms with van der Waals surface area (Å²) in [5.41, 5.74) is 1.33. The highest BCUT2D eigenvalue weighted by Crippen LogP contribution is 2.31. The van der Waals surface area contributed by atoms with Crippen molar-refractivity contribution in [2.24, 2.45) is 4.99 Å². The normalized spacial score (nSPS) is 14.5. The molecule has 2 aromatic carbocycles. The Bertz CT molecular complexity index is 996. The van der Waals surface area contributed by atoms with Crippen LogP contribution in [0.1, 0.15) is 37.8 Å². The number of ether oxygens (including phenoxy) is 3. The van der Waals surface area contributed by atoms with E-state index in [1.807, 2.05) is 13.8 Å². The molecule has 0 unspecified atom stereocenters. The third kappa shape index (κ3) is 5.03. The van der Waals surface area contributed by atoms with Gasteiger partial charge >= 0.3 is 11.9 Å². The Hall–Kier alpha value is -3.12. The van der Waals surface area contributed by atoms with Gasteiger partial charge in [0.2, 0.25) is 5.90 Å². The van der Waals surface area contributed by atoms with Crippen molar-refractivity contribution in [3.05, 3.63) is 64.3 Å². The highest BCUT2D eigenvalue weighted by molar-refractivity contribution is 6.34. The molecule has 6 nitrogen and oxygen atoms in total. The second kappa shape index (κ2) is 9.39. The number of rotatable bonds is 7. The number of nitrogens with zero attached hydrogens (tertiary/aromatic N) is 1. The lowest BCUT2D eigenvalue weighted by Crippen LogP contribution is -2.08. The molecule has 0 amide bonds. The molecule has 1 aliphatic heterocycles. The number of esters is 2. The number of carbonyl (C=O) groups excluding carboxylic acids is 2. The molecule has 2 aromatic rings. The van der Waals surface area contributed by atoms with Gasteiger partial charge in [0.1, 0.15) is 0 Å². The van der Waals surface area contributed by atoms with Crippen LogP contribution in [0, 0.1) is 0 Å². The van der Waals surface area contributed by atoms with E-state index in [2.05, 4.69) is 4.99 Å². The van der Waals surface area contributed by atoms with Gasteiger partial charge in [-0.2, -0.15) is 0 Å². The van der Waals surface area contributed by atoms with Crippen LogP contribution in [-0.2, 0) is 14.3 Å². The van der Waals surface area contributed by atoms with Crippen molar-refractivity contribution in [3.8, 4) is 11.5 Å². The third-order valence-corrected chi connectivity index (χ3v) is 4.30. The minimum atomic E-state index is -0.573. The molecule has 3 rings (SSSR count). The topological polar surface area (TPSA) is 74.2 Å². The van der Waals surface area contributed by atoms with Crippen molar-refractivity contribution in [3.63, 3.8) is 0 Å². The fourth-order valence-corrected chi connectivity index (χ4v) is 2.88. The van der Waals surface area contributed by atoms with E-state index in [1.54, 1.807) is 48.5 Å². The molecule has 0 spiro atoms. The van der Waals surface area contributed by atoms with E-state index >= 15 is 0 Å². The predicted octanol–water partition coefficient (Wildman–Crippen LogP) is 4.79. The zero-order valence-corrected chi connectivity index (χ0v) is 16.9. The van der Waals surface area contributed by atoms with Crippen LogP contribution in [-0.4, -0.2) is 24.4 Å². The second-order valence-electron chi connectivity index (χ2n) is 6.18. The van der Waals surface area contributed by atoms with Gasteiger partial charge in [-0.05, 0) is 49.2 Å². The number of hydrogen-bond donors (Lipinski definition) is 0. The molecule has 0 aromatic heterocycles. The van der Waals surface area contributed by atoms with Crippen molar-refractivity contribution in [2.75, 3.05) is 6.61 Å². The maximum absolute atomic E-state index is 12.2. The minimum absolute atomic E-state index is 0.137. The summed E-state index contributed by atoms with van der Waals surface area (Å²) in [5, 5.41) is 0.442. The minimum Gasteiger partial charge on any atom is -0.490 e. The summed E-state index contributed by atoms with van der Waals surface area (Å²) >= 11 is 6.15. The van der Waals surface area contributed by atoms with Crippen LogP contribution in [0.25, 0.3) is 6.08 Å². The van der Waals surface area contributed by atoms with Crippen LogP contribution in [0.5, 0.6) is 11.5 Å². The molecular weight excluding hydrogens is 394 g/mol. The summed E-state index contributed by atoms with van der Waals surface area (Å²) in [6.45, 7) is 4.13. The first-order valence-electron chi connectivity index (χ1n) is 9.26. The van der Waals surface area contributed by atoms with Crippen LogP contribution in [0.2, 0.25) is 5.02 Å². The maximum Gasteiger partial charge on any atom is 0.363 e. The van der Waals surface area contributed by atoms with Crippen LogP contribution in [0.4, 0.5) is 0 Å². The molecule has 0 N–H and O–H groups in total.